The van der Waals surface area contributed by atoms with Crippen LogP contribution in [0.5, 0.6) is 5.88 Å². The summed E-state index contributed by atoms with van der Waals surface area (Å²) >= 11 is 1.67. The van der Waals surface area contributed by atoms with E-state index in [0.717, 1.165) is 0 Å². The zero-order chi connectivity index (χ0) is 9.80. The molecule has 2 N–H and O–H groups in total. The molecule has 0 saturated carbocycles. The number of nitrogen functional groups attached to an aromatic ring is 1. The zero-order valence-electron chi connectivity index (χ0n) is 7.51. The third-order valence-electron chi connectivity index (χ3n) is 1.70. The molecule has 2 aromatic rings. The second-order valence-corrected chi connectivity index (χ2v) is 3.83. The quantitative estimate of drug-likeness (QED) is 0.838. The minimum Gasteiger partial charge on any atom is -0.472 e. The van der Waals surface area contributed by atoms with E-state index >= 15 is 0 Å². The number of nitrogens with zero attached hydrogens (tertiary/aromatic N) is 1. The van der Waals surface area contributed by atoms with E-state index < -0.39 is 0 Å². The lowest BCUT2D eigenvalue weighted by atomic mass is 10.4. The van der Waals surface area contributed by atoms with Crippen LogP contribution in [0.3, 0.4) is 0 Å². The molecule has 0 aliphatic heterocycles. The maximum absolute atomic E-state index is 5.50. The van der Waals surface area contributed by atoms with Crippen LogP contribution < -0.4 is 10.5 Å². The van der Waals surface area contributed by atoms with Crippen molar-refractivity contribution in [2.45, 2.75) is 6.61 Å². The van der Waals surface area contributed by atoms with Crippen molar-refractivity contribution in [3.8, 4) is 5.88 Å². The van der Waals surface area contributed by atoms with Crippen LogP contribution in [-0.4, -0.2) is 4.98 Å². The summed E-state index contributed by atoms with van der Waals surface area (Å²) in [7, 11) is 0. The van der Waals surface area contributed by atoms with Crippen LogP contribution in [0.1, 0.15) is 4.88 Å². The van der Waals surface area contributed by atoms with Gasteiger partial charge < -0.3 is 10.5 Å². The van der Waals surface area contributed by atoms with E-state index in [1.165, 1.54) is 4.88 Å². The fourth-order valence-electron chi connectivity index (χ4n) is 1.02. The zero-order valence-corrected chi connectivity index (χ0v) is 8.33. The van der Waals surface area contributed by atoms with E-state index in [-0.39, 0.29) is 0 Å². The molecule has 2 heterocycles. The van der Waals surface area contributed by atoms with Crippen LogP contribution in [0.25, 0.3) is 0 Å². The van der Waals surface area contributed by atoms with E-state index in [0.29, 0.717) is 18.2 Å². The Morgan fingerprint density at radius 2 is 2.29 bits per heavy atom. The van der Waals surface area contributed by atoms with Crippen molar-refractivity contribution >= 4 is 17.0 Å². The number of hydrogen-bond donors (Lipinski definition) is 1. The molecular weight excluding hydrogens is 196 g/mol. The van der Waals surface area contributed by atoms with Crippen molar-refractivity contribution in [2.75, 3.05) is 5.73 Å². The Hall–Kier alpha value is -1.55. The van der Waals surface area contributed by atoms with Crippen LogP contribution in [-0.2, 0) is 6.61 Å². The third kappa shape index (κ3) is 2.23. The molecule has 0 unspecified atom stereocenters. The first-order valence-electron chi connectivity index (χ1n) is 4.21. The molecule has 2 aromatic heterocycles. The predicted octanol–water partition coefficient (Wildman–Crippen LogP) is 2.30. The molecule has 0 spiro atoms. The Morgan fingerprint density at radius 3 is 2.93 bits per heavy atom. The van der Waals surface area contributed by atoms with Crippen molar-refractivity contribution in [3.63, 3.8) is 0 Å². The van der Waals surface area contributed by atoms with Crippen LogP contribution in [0.4, 0.5) is 5.69 Å². The van der Waals surface area contributed by atoms with Crippen molar-refractivity contribution in [1.82, 2.24) is 4.98 Å². The Balaban J connectivity index is 1.95. The minimum atomic E-state index is 0.564. The highest BCUT2D eigenvalue weighted by molar-refractivity contribution is 7.09. The monoisotopic (exact) mass is 206 g/mol. The molecule has 3 nitrogen and oxygen atoms in total. The number of ether oxygens (including phenoxy) is 1. The Morgan fingerprint density at radius 1 is 1.36 bits per heavy atom. The van der Waals surface area contributed by atoms with Gasteiger partial charge in [0.25, 0.3) is 0 Å². The van der Waals surface area contributed by atoms with Gasteiger partial charge >= 0.3 is 0 Å². The number of thiophene rings is 1. The molecule has 72 valence electrons. The summed E-state index contributed by atoms with van der Waals surface area (Å²) in [6, 6.07) is 7.57. The lowest BCUT2D eigenvalue weighted by Crippen LogP contribution is -1.95. The van der Waals surface area contributed by atoms with Gasteiger partial charge in [0.15, 0.2) is 0 Å². The van der Waals surface area contributed by atoms with Crippen LogP contribution in [0.2, 0.25) is 0 Å². The van der Waals surface area contributed by atoms with Crippen LogP contribution in [0.15, 0.2) is 35.8 Å². The topological polar surface area (TPSA) is 48.1 Å². The van der Waals surface area contributed by atoms with E-state index in [4.69, 9.17) is 10.5 Å². The SMILES string of the molecule is Nc1ccc(OCc2cccs2)nc1. The van der Waals surface area contributed by atoms with Gasteiger partial charge in [-0.3, -0.25) is 0 Å². The molecule has 0 aliphatic rings. The Labute approximate surface area is 86.2 Å². The number of anilines is 1. The summed E-state index contributed by atoms with van der Waals surface area (Å²) in [5, 5.41) is 2.02. The molecule has 0 radical (unpaired) electrons. The Kier molecular flexibility index (Phi) is 2.65. The largest absolute Gasteiger partial charge is 0.472 e. The predicted molar refractivity (Wildman–Crippen MR) is 57.3 cm³/mol. The normalized spacial score (nSPS) is 10.0. The summed E-state index contributed by atoms with van der Waals surface area (Å²) in [6.07, 6.45) is 1.59. The van der Waals surface area contributed by atoms with Gasteiger partial charge in [-0.1, -0.05) is 6.07 Å². The molecule has 0 amide bonds. The highest BCUT2D eigenvalue weighted by Gasteiger charge is 1.96. The van der Waals surface area contributed by atoms with Crippen molar-refractivity contribution in [3.05, 3.63) is 40.7 Å². The van der Waals surface area contributed by atoms with Crippen LogP contribution in [0, 0.1) is 0 Å². The number of nitrogens with two attached hydrogens (primary N) is 1. The second-order valence-electron chi connectivity index (χ2n) is 2.80. The molecule has 0 saturated heterocycles. The molecule has 0 aromatic carbocycles. The van der Waals surface area contributed by atoms with Gasteiger partial charge in [-0.15, -0.1) is 11.3 Å². The first kappa shape index (κ1) is 9.02. The first-order chi connectivity index (χ1) is 6.84. The summed E-state index contributed by atoms with van der Waals surface area (Å²) < 4.78 is 5.45. The van der Waals surface area contributed by atoms with Gasteiger partial charge in [0.1, 0.15) is 6.61 Å². The molecule has 14 heavy (non-hydrogen) atoms. The fraction of sp³-hybridized carbons (Fsp3) is 0.100. The first-order valence-corrected chi connectivity index (χ1v) is 5.09. The van der Waals surface area contributed by atoms with Crippen molar-refractivity contribution in [2.24, 2.45) is 0 Å². The van der Waals surface area contributed by atoms with Crippen LogP contribution >= 0.6 is 11.3 Å². The smallest absolute Gasteiger partial charge is 0.213 e. The lowest BCUT2D eigenvalue weighted by molar-refractivity contribution is 0.297. The van der Waals surface area contributed by atoms with Gasteiger partial charge in [-0.25, -0.2) is 4.98 Å². The molecule has 0 fully saturated rings. The van der Waals surface area contributed by atoms with Gasteiger partial charge in [0.2, 0.25) is 5.88 Å². The van der Waals surface area contributed by atoms with Gasteiger partial charge in [-0.05, 0) is 17.5 Å². The lowest BCUT2D eigenvalue weighted by Gasteiger charge is -2.02. The summed E-state index contributed by atoms with van der Waals surface area (Å²) in [6.45, 7) is 0.564. The average molecular weight is 206 g/mol. The van der Waals surface area contributed by atoms with Gasteiger partial charge in [0.05, 0.1) is 11.9 Å². The minimum absolute atomic E-state index is 0.564. The fourth-order valence-corrected chi connectivity index (χ4v) is 1.63. The van der Waals surface area contributed by atoms with Gasteiger partial charge in [0, 0.05) is 10.9 Å². The number of pyridine rings is 1. The summed E-state index contributed by atoms with van der Waals surface area (Å²) in [4.78, 5) is 5.22. The number of rotatable bonds is 3. The molecule has 4 heteroatoms. The summed E-state index contributed by atoms with van der Waals surface area (Å²) in [5.41, 5.74) is 6.15. The maximum Gasteiger partial charge on any atom is 0.213 e. The van der Waals surface area contributed by atoms with Crippen molar-refractivity contribution in [1.29, 1.82) is 0 Å². The average Bonchev–Trinajstić information content (AvgIpc) is 2.70. The van der Waals surface area contributed by atoms with Crippen molar-refractivity contribution < 1.29 is 4.74 Å². The van der Waals surface area contributed by atoms with E-state index in [1.54, 1.807) is 29.7 Å². The maximum atomic E-state index is 5.50. The molecule has 2 rings (SSSR count). The van der Waals surface area contributed by atoms with E-state index in [1.807, 2.05) is 17.5 Å². The molecular formula is C10H10N2OS. The number of aromatic nitrogens is 1. The highest BCUT2D eigenvalue weighted by Crippen LogP contribution is 2.13. The molecule has 0 aliphatic carbocycles. The molecule has 0 atom stereocenters. The van der Waals surface area contributed by atoms with Gasteiger partial charge in [-0.2, -0.15) is 0 Å². The third-order valence-corrected chi connectivity index (χ3v) is 2.55. The Bertz CT molecular complexity index is 383. The standard InChI is InChI=1S/C10H10N2OS/c11-8-3-4-10(12-6-8)13-7-9-2-1-5-14-9/h1-6H,7,11H2. The summed E-state index contributed by atoms with van der Waals surface area (Å²) in [5.74, 6) is 0.604. The highest BCUT2D eigenvalue weighted by atomic mass is 32.1. The molecule has 0 bridgehead atoms. The number of hydrogen-bond acceptors (Lipinski definition) is 4. The van der Waals surface area contributed by atoms with E-state index in [2.05, 4.69) is 4.98 Å². The second kappa shape index (κ2) is 4.11. The van der Waals surface area contributed by atoms with E-state index in [9.17, 15) is 0 Å².